The molecule has 1 heterocycles. The van der Waals surface area contributed by atoms with Gasteiger partial charge in [-0.3, -0.25) is 14.4 Å². The fourth-order valence-electron chi connectivity index (χ4n) is 8.52. The number of aromatic nitrogens is 1. The van der Waals surface area contributed by atoms with Crippen LogP contribution in [0, 0.1) is 11.8 Å². The number of carbonyl (C=O) groups is 3. The number of aliphatic hydroxyl groups is 1. The second-order valence-corrected chi connectivity index (χ2v) is 22.9. The van der Waals surface area contributed by atoms with E-state index in [9.17, 15) is 23.1 Å². The van der Waals surface area contributed by atoms with Crippen molar-refractivity contribution in [1.82, 2.24) is 15.4 Å². The largest absolute Gasteiger partial charge is 0.573 e. The number of ether oxygens (including phenoxy) is 3. The number of ketones is 2. The lowest BCUT2D eigenvalue weighted by atomic mass is 9.57. The lowest BCUT2D eigenvalue weighted by molar-refractivity contribution is -0.275. The molecule has 0 saturated heterocycles. The number of benzene rings is 3. The van der Waals surface area contributed by atoms with E-state index >= 15 is 9.59 Å². The Balaban J connectivity index is 1.47. The molecule has 3 N–H and O–H groups in total. The molecule has 13 nitrogen and oxygen atoms in total. The molecular formula is C47H53F3N4O9Si. The molecule has 17 heteroatoms. The fourth-order valence-corrected chi connectivity index (χ4v) is 9.97. The van der Waals surface area contributed by atoms with Gasteiger partial charge in [0.1, 0.15) is 30.3 Å². The van der Waals surface area contributed by atoms with Crippen molar-refractivity contribution in [2.45, 2.75) is 83.0 Å². The van der Waals surface area contributed by atoms with E-state index < -0.39 is 72.2 Å². The maximum Gasteiger partial charge on any atom is 0.573 e. The SMILES string of the molecule is C=CCN[C@@H]1c2onc(OCc3ccccc3)c2C(=O)C2(O[Si](C)(C)C(C)(C)C)C(=O)C3=C(O)c4c(c(OC(F)(F)F)cc(NC(=O)CN(C)C)c4OCc4ccccc4)C[C@H]3C[C@@H]12. The summed E-state index contributed by atoms with van der Waals surface area (Å²) in [5, 5.41) is 22.3. The summed E-state index contributed by atoms with van der Waals surface area (Å²) in [5.41, 5.74) is -1.85. The third kappa shape index (κ3) is 8.85. The number of anilines is 1. The van der Waals surface area contributed by atoms with Gasteiger partial charge in [-0.15, -0.1) is 19.8 Å². The molecule has 340 valence electrons. The van der Waals surface area contributed by atoms with E-state index in [0.717, 1.165) is 11.6 Å². The van der Waals surface area contributed by atoms with Gasteiger partial charge < -0.3 is 43.8 Å². The number of hydrogen-bond acceptors (Lipinski definition) is 12. The van der Waals surface area contributed by atoms with Crippen molar-refractivity contribution in [3.8, 4) is 17.4 Å². The van der Waals surface area contributed by atoms with Gasteiger partial charge in [0, 0.05) is 29.7 Å². The van der Waals surface area contributed by atoms with Gasteiger partial charge in [-0.2, -0.15) is 0 Å². The summed E-state index contributed by atoms with van der Waals surface area (Å²) in [6, 6.07) is 18.2. The van der Waals surface area contributed by atoms with Crippen molar-refractivity contribution in [2.24, 2.45) is 11.8 Å². The van der Waals surface area contributed by atoms with Crippen molar-refractivity contribution in [3.05, 3.63) is 119 Å². The second kappa shape index (κ2) is 17.7. The summed E-state index contributed by atoms with van der Waals surface area (Å²) in [4.78, 5) is 46.5. The van der Waals surface area contributed by atoms with Gasteiger partial charge in [0.25, 0.3) is 5.88 Å². The van der Waals surface area contributed by atoms with Crippen molar-refractivity contribution in [1.29, 1.82) is 0 Å². The minimum absolute atomic E-state index is 0.0115. The van der Waals surface area contributed by atoms with Crippen LogP contribution in [0.25, 0.3) is 5.76 Å². The van der Waals surface area contributed by atoms with Crippen LogP contribution in [0.1, 0.15) is 71.6 Å². The average Bonchev–Trinajstić information content (AvgIpc) is 3.64. The average molecular weight is 903 g/mol. The Bertz CT molecular complexity index is 2470. The predicted molar refractivity (Wildman–Crippen MR) is 235 cm³/mol. The number of amides is 1. The van der Waals surface area contributed by atoms with E-state index in [-0.39, 0.29) is 84.5 Å². The highest BCUT2D eigenvalue weighted by Crippen LogP contribution is 2.59. The Kier molecular flexibility index (Phi) is 12.8. The molecule has 1 fully saturated rings. The van der Waals surface area contributed by atoms with E-state index in [0.29, 0.717) is 5.56 Å². The molecule has 3 aromatic carbocycles. The molecule has 0 bridgehead atoms. The molecule has 1 unspecified atom stereocenters. The van der Waals surface area contributed by atoms with Crippen LogP contribution in [0.2, 0.25) is 18.1 Å². The molecule has 1 amide bonds. The predicted octanol–water partition coefficient (Wildman–Crippen LogP) is 8.74. The number of Topliss-reactive ketones (excluding diaryl/α,β-unsaturated/α-hetero) is 2. The van der Waals surface area contributed by atoms with Gasteiger partial charge in [-0.1, -0.05) is 87.5 Å². The highest BCUT2D eigenvalue weighted by Gasteiger charge is 2.68. The maximum absolute atomic E-state index is 16.0. The van der Waals surface area contributed by atoms with Crippen molar-refractivity contribution in [3.63, 3.8) is 0 Å². The first-order valence-corrected chi connectivity index (χ1v) is 23.9. The lowest BCUT2D eigenvalue weighted by Crippen LogP contribution is -2.68. The van der Waals surface area contributed by atoms with Gasteiger partial charge in [0.05, 0.1) is 23.8 Å². The molecule has 7 rings (SSSR count). The van der Waals surface area contributed by atoms with Crippen LogP contribution in [0.15, 0.2) is 89.5 Å². The fraction of sp³-hybridized carbons (Fsp3) is 0.404. The Morgan fingerprint density at radius 3 is 2.20 bits per heavy atom. The number of aliphatic hydroxyl groups excluding tert-OH is 1. The number of likely N-dealkylation sites (N-methyl/N-ethyl adjacent to an activating group) is 1. The molecule has 0 aliphatic heterocycles. The topological polar surface area (TPSA) is 162 Å². The summed E-state index contributed by atoms with van der Waals surface area (Å²) in [6.45, 7) is 13.4. The molecule has 1 saturated carbocycles. The normalized spacial score (nSPS) is 20.8. The van der Waals surface area contributed by atoms with Gasteiger partial charge in [-0.05, 0) is 67.3 Å². The van der Waals surface area contributed by atoms with E-state index in [1.165, 1.54) is 0 Å². The molecule has 4 atom stereocenters. The lowest BCUT2D eigenvalue weighted by Gasteiger charge is -2.54. The third-order valence-corrected chi connectivity index (χ3v) is 16.8. The molecule has 3 aliphatic rings. The molecule has 4 aromatic rings. The summed E-state index contributed by atoms with van der Waals surface area (Å²) < 4.78 is 73.1. The van der Waals surface area contributed by atoms with Crippen LogP contribution >= 0.6 is 0 Å². The first-order valence-electron chi connectivity index (χ1n) is 21.0. The van der Waals surface area contributed by atoms with E-state index in [1.807, 2.05) is 64.2 Å². The van der Waals surface area contributed by atoms with Crippen molar-refractivity contribution < 1.29 is 55.8 Å². The van der Waals surface area contributed by atoms with E-state index in [4.69, 9.17) is 18.4 Å². The molecule has 64 heavy (non-hydrogen) atoms. The van der Waals surface area contributed by atoms with Crippen LogP contribution in [0.4, 0.5) is 18.9 Å². The number of hydrogen-bond donors (Lipinski definition) is 3. The highest BCUT2D eigenvalue weighted by atomic mass is 28.4. The first-order chi connectivity index (χ1) is 30.2. The van der Waals surface area contributed by atoms with Crippen molar-refractivity contribution in [2.75, 3.05) is 32.5 Å². The van der Waals surface area contributed by atoms with Gasteiger partial charge in [0.2, 0.25) is 17.5 Å². The zero-order valence-electron chi connectivity index (χ0n) is 36.9. The van der Waals surface area contributed by atoms with Gasteiger partial charge in [-0.25, -0.2) is 0 Å². The van der Waals surface area contributed by atoms with Crippen molar-refractivity contribution >= 4 is 37.2 Å². The van der Waals surface area contributed by atoms with Gasteiger partial charge in [0.15, 0.2) is 25.4 Å². The number of carbonyl (C=O) groups excluding carboxylic acids is 3. The zero-order valence-corrected chi connectivity index (χ0v) is 37.9. The Hall–Kier alpha value is -5.75. The summed E-state index contributed by atoms with van der Waals surface area (Å²) >= 11 is 0. The molecule has 0 radical (unpaired) electrons. The summed E-state index contributed by atoms with van der Waals surface area (Å²) in [6.07, 6.45) is -3.91. The number of halogens is 3. The monoisotopic (exact) mass is 902 g/mol. The number of nitrogens with zero attached hydrogens (tertiary/aromatic N) is 2. The Labute approximate surface area is 370 Å². The van der Waals surface area contributed by atoms with Gasteiger partial charge >= 0.3 is 6.36 Å². The number of rotatable bonds is 15. The maximum atomic E-state index is 16.0. The third-order valence-electron chi connectivity index (χ3n) is 12.4. The van der Waals surface area contributed by atoms with E-state index in [1.54, 1.807) is 55.4 Å². The summed E-state index contributed by atoms with van der Waals surface area (Å²) in [5.74, 6) is -5.94. The molecular weight excluding hydrogens is 850 g/mol. The zero-order chi connectivity index (χ0) is 46.4. The molecule has 1 aromatic heterocycles. The minimum Gasteiger partial charge on any atom is -0.507 e. The standard InChI is InChI=1S/C47H53F3N4O9Si/c1-9-20-51-38-31-22-29-21-30-33(61-47(48,49)50)23-32(52-34(55)24-54(5)6)40(59-25-27-16-12-10-13-17-27)36(30)39(56)35(29)42(57)46(31,63-64(7,8)45(2,3)4)43(58)37-41(38)62-53-44(37)60-26-28-18-14-11-15-19-28/h9-19,23,29,31,38,51,56H,1,20-22,24-26H2,2-8H3,(H,52,55)/t29-,31-,38-,46?/m0/s1. The van der Waals surface area contributed by atoms with Crippen LogP contribution in [0.5, 0.6) is 17.4 Å². The van der Waals surface area contributed by atoms with Crippen LogP contribution < -0.4 is 24.8 Å². The number of fused-ring (bicyclic) bond motifs is 4. The second-order valence-electron chi connectivity index (χ2n) is 18.2. The number of nitrogens with one attached hydrogen (secondary N) is 2. The Morgan fingerprint density at radius 1 is 1.00 bits per heavy atom. The quantitative estimate of drug-likeness (QED) is 0.0592. The number of alkyl halides is 3. The summed E-state index contributed by atoms with van der Waals surface area (Å²) in [7, 11) is 0.144. The van der Waals surface area contributed by atoms with Crippen LogP contribution in [-0.4, -0.2) is 80.1 Å². The van der Waals surface area contributed by atoms with E-state index in [2.05, 4.69) is 27.1 Å². The smallest absolute Gasteiger partial charge is 0.507 e. The van der Waals surface area contributed by atoms with Crippen LogP contribution in [0.3, 0.4) is 0 Å². The Morgan fingerprint density at radius 2 is 1.62 bits per heavy atom. The molecule has 3 aliphatic carbocycles. The highest BCUT2D eigenvalue weighted by molar-refractivity contribution is 6.74. The molecule has 0 spiro atoms. The van der Waals surface area contributed by atoms with Crippen LogP contribution in [-0.2, 0) is 33.6 Å². The first kappa shape index (κ1) is 46.2. The minimum atomic E-state index is -5.20.